The highest BCUT2D eigenvalue weighted by Gasteiger charge is 2.02. The zero-order valence-electron chi connectivity index (χ0n) is 9.95. The lowest BCUT2D eigenvalue weighted by Gasteiger charge is -2.04. The molecular weight excluding hydrogens is 202 g/mol. The van der Waals surface area contributed by atoms with Crippen molar-refractivity contribution in [2.45, 2.75) is 26.3 Å². The Morgan fingerprint density at radius 1 is 1.25 bits per heavy atom. The van der Waals surface area contributed by atoms with Gasteiger partial charge in [0.25, 0.3) is 0 Å². The normalized spacial score (nSPS) is 10.1. The number of esters is 1. The van der Waals surface area contributed by atoms with Crippen LogP contribution in [0.25, 0.3) is 0 Å². The summed E-state index contributed by atoms with van der Waals surface area (Å²) in [5, 5.41) is 3.10. The second-order valence-corrected chi connectivity index (χ2v) is 3.65. The minimum Gasteiger partial charge on any atom is -0.466 e. The van der Waals surface area contributed by atoms with Gasteiger partial charge in [-0.15, -0.1) is 0 Å². The largest absolute Gasteiger partial charge is 0.466 e. The Labute approximate surface area is 96.8 Å². The Bertz CT molecular complexity index is 319. The summed E-state index contributed by atoms with van der Waals surface area (Å²) in [5.41, 5.74) is 2.43. The molecule has 0 aliphatic carbocycles. The smallest absolute Gasteiger partial charge is 0.306 e. The van der Waals surface area contributed by atoms with Crippen LogP contribution in [0.3, 0.4) is 0 Å². The van der Waals surface area contributed by atoms with E-state index in [1.807, 2.05) is 14.0 Å². The quantitative estimate of drug-likeness (QED) is 0.746. The van der Waals surface area contributed by atoms with Crippen molar-refractivity contribution >= 4 is 5.97 Å². The van der Waals surface area contributed by atoms with E-state index < -0.39 is 0 Å². The molecule has 0 bridgehead atoms. The van der Waals surface area contributed by atoms with Crippen LogP contribution in [0.4, 0.5) is 0 Å². The van der Waals surface area contributed by atoms with Crippen LogP contribution < -0.4 is 5.32 Å². The minimum atomic E-state index is -0.123. The van der Waals surface area contributed by atoms with Gasteiger partial charge < -0.3 is 10.1 Å². The zero-order chi connectivity index (χ0) is 11.8. The van der Waals surface area contributed by atoms with Gasteiger partial charge in [0.15, 0.2) is 0 Å². The number of hydrogen-bond acceptors (Lipinski definition) is 3. The van der Waals surface area contributed by atoms with Crippen molar-refractivity contribution in [1.82, 2.24) is 5.32 Å². The van der Waals surface area contributed by atoms with Crippen LogP contribution in [0.15, 0.2) is 24.3 Å². The van der Waals surface area contributed by atoms with Gasteiger partial charge in [0, 0.05) is 13.0 Å². The van der Waals surface area contributed by atoms with Crippen molar-refractivity contribution < 1.29 is 9.53 Å². The minimum absolute atomic E-state index is 0.123. The molecule has 0 aliphatic heterocycles. The molecule has 1 rings (SSSR count). The molecule has 3 heteroatoms. The third-order valence-electron chi connectivity index (χ3n) is 2.33. The van der Waals surface area contributed by atoms with E-state index in [9.17, 15) is 4.79 Å². The molecular formula is C13H19NO2. The summed E-state index contributed by atoms with van der Waals surface area (Å²) in [6.07, 6.45) is 1.21. The second-order valence-electron chi connectivity index (χ2n) is 3.65. The molecule has 3 nitrogen and oxygen atoms in total. The highest BCUT2D eigenvalue weighted by atomic mass is 16.5. The summed E-state index contributed by atoms with van der Waals surface area (Å²) >= 11 is 0. The summed E-state index contributed by atoms with van der Waals surface area (Å²) < 4.78 is 4.88. The highest BCUT2D eigenvalue weighted by Crippen LogP contribution is 2.07. The van der Waals surface area contributed by atoms with E-state index in [1.165, 1.54) is 11.1 Å². The number of rotatable bonds is 6. The van der Waals surface area contributed by atoms with Crippen molar-refractivity contribution in [3.63, 3.8) is 0 Å². The monoisotopic (exact) mass is 221 g/mol. The predicted molar refractivity (Wildman–Crippen MR) is 64.2 cm³/mol. The first-order valence-corrected chi connectivity index (χ1v) is 5.64. The second kappa shape index (κ2) is 7.01. The third kappa shape index (κ3) is 4.45. The van der Waals surface area contributed by atoms with Crippen molar-refractivity contribution in [2.24, 2.45) is 0 Å². The molecule has 0 fully saturated rings. The standard InChI is InChI=1S/C13H19NO2/c1-3-16-13(15)9-8-11-4-6-12(7-5-11)10-14-2/h4-7,14H,3,8-10H2,1-2H3. The van der Waals surface area contributed by atoms with E-state index in [-0.39, 0.29) is 5.97 Å². The van der Waals surface area contributed by atoms with Gasteiger partial charge in [-0.25, -0.2) is 0 Å². The molecule has 1 aromatic carbocycles. The summed E-state index contributed by atoms with van der Waals surface area (Å²) in [4.78, 5) is 11.2. The van der Waals surface area contributed by atoms with E-state index in [0.717, 1.165) is 13.0 Å². The number of carbonyl (C=O) groups is 1. The van der Waals surface area contributed by atoms with Gasteiger partial charge in [-0.05, 0) is 31.5 Å². The Hall–Kier alpha value is -1.35. The van der Waals surface area contributed by atoms with Crippen LogP contribution in [0.5, 0.6) is 0 Å². The van der Waals surface area contributed by atoms with Crippen LogP contribution in [0, 0.1) is 0 Å². The first-order chi connectivity index (χ1) is 7.76. The highest BCUT2D eigenvalue weighted by molar-refractivity contribution is 5.69. The molecule has 0 heterocycles. The molecule has 0 unspecified atom stereocenters. The maximum Gasteiger partial charge on any atom is 0.306 e. The molecule has 0 radical (unpaired) electrons. The van der Waals surface area contributed by atoms with Crippen LogP contribution in [0.2, 0.25) is 0 Å². The van der Waals surface area contributed by atoms with Gasteiger partial charge >= 0.3 is 5.97 Å². The van der Waals surface area contributed by atoms with E-state index >= 15 is 0 Å². The number of benzene rings is 1. The Morgan fingerprint density at radius 2 is 1.88 bits per heavy atom. The first kappa shape index (κ1) is 12.7. The van der Waals surface area contributed by atoms with E-state index in [4.69, 9.17) is 4.74 Å². The third-order valence-corrected chi connectivity index (χ3v) is 2.33. The average molecular weight is 221 g/mol. The number of aryl methyl sites for hydroxylation is 1. The summed E-state index contributed by atoms with van der Waals surface area (Å²) in [7, 11) is 1.93. The summed E-state index contributed by atoms with van der Waals surface area (Å²) in [5.74, 6) is -0.123. The fourth-order valence-corrected chi connectivity index (χ4v) is 1.51. The van der Waals surface area contributed by atoms with Crippen LogP contribution in [-0.4, -0.2) is 19.6 Å². The van der Waals surface area contributed by atoms with Crippen molar-refractivity contribution in [3.05, 3.63) is 35.4 Å². The molecule has 88 valence electrons. The van der Waals surface area contributed by atoms with Gasteiger partial charge in [0.1, 0.15) is 0 Å². The molecule has 0 spiro atoms. The lowest BCUT2D eigenvalue weighted by atomic mass is 10.1. The molecule has 1 N–H and O–H groups in total. The maximum absolute atomic E-state index is 11.2. The van der Waals surface area contributed by atoms with E-state index in [2.05, 4.69) is 29.6 Å². The Morgan fingerprint density at radius 3 is 2.44 bits per heavy atom. The van der Waals surface area contributed by atoms with Crippen LogP contribution in [-0.2, 0) is 22.5 Å². The van der Waals surface area contributed by atoms with Gasteiger partial charge in [0.2, 0.25) is 0 Å². The fraction of sp³-hybridized carbons (Fsp3) is 0.462. The fourth-order valence-electron chi connectivity index (χ4n) is 1.51. The van der Waals surface area contributed by atoms with Gasteiger partial charge in [-0.3, -0.25) is 4.79 Å². The van der Waals surface area contributed by atoms with E-state index in [1.54, 1.807) is 0 Å². The molecule has 0 amide bonds. The zero-order valence-corrected chi connectivity index (χ0v) is 9.95. The van der Waals surface area contributed by atoms with Crippen molar-refractivity contribution in [3.8, 4) is 0 Å². The topological polar surface area (TPSA) is 38.3 Å². The van der Waals surface area contributed by atoms with Gasteiger partial charge in [-0.1, -0.05) is 24.3 Å². The average Bonchev–Trinajstić information content (AvgIpc) is 2.29. The van der Waals surface area contributed by atoms with Crippen molar-refractivity contribution in [1.29, 1.82) is 0 Å². The predicted octanol–water partition coefficient (Wildman–Crippen LogP) is 1.90. The maximum atomic E-state index is 11.2. The molecule has 0 saturated heterocycles. The molecule has 0 aromatic heterocycles. The summed E-state index contributed by atoms with van der Waals surface area (Å²) in [6, 6.07) is 8.28. The Kier molecular flexibility index (Phi) is 5.57. The number of nitrogens with one attached hydrogen (secondary N) is 1. The SMILES string of the molecule is CCOC(=O)CCc1ccc(CNC)cc1. The first-order valence-electron chi connectivity index (χ1n) is 5.64. The molecule has 0 aliphatic rings. The Balaban J connectivity index is 2.40. The van der Waals surface area contributed by atoms with E-state index in [0.29, 0.717) is 13.0 Å². The molecule has 16 heavy (non-hydrogen) atoms. The summed E-state index contributed by atoms with van der Waals surface area (Å²) in [6.45, 7) is 3.16. The van der Waals surface area contributed by atoms with Gasteiger partial charge in [0.05, 0.1) is 6.61 Å². The van der Waals surface area contributed by atoms with Crippen molar-refractivity contribution in [2.75, 3.05) is 13.7 Å². The van der Waals surface area contributed by atoms with Crippen LogP contribution in [0.1, 0.15) is 24.5 Å². The van der Waals surface area contributed by atoms with Gasteiger partial charge in [-0.2, -0.15) is 0 Å². The lowest BCUT2D eigenvalue weighted by Crippen LogP contribution is -2.06. The molecule has 1 aromatic rings. The molecule has 0 saturated carbocycles. The molecule has 0 atom stereocenters. The number of ether oxygens (including phenoxy) is 1. The number of hydrogen-bond donors (Lipinski definition) is 1. The lowest BCUT2D eigenvalue weighted by molar-refractivity contribution is -0.143. The van der Waals surface area contributed by atoms with Crippen LogP contribution >= 0.6 is 0 Å². The number of carbonyl (C=O) groups excluding carboxylic acids is 1.